The lowest BCUT2D eigenvalue weighted by atomic mass is 10.1. The number of nitrogen functional groups attached to an aromatic ring is 1. The highest BCUT2D eigenvalue weighted by atomic mass is 79.9. The highest BCUT2D eigenvalue weighted by Crippen LogP contribution is 2.40. The van der Waals surface area contributed by atoms with Crippen LogP contribution in [0.15, 0.2) is 76.6 Å². The van der Waals surface area contributed by atoms with Gasteiger partial charge in [0.25, 0.3) is 0 Å². The molecule has 0 saturated carbocycles. The molecule has 1 aliphatic rings. The maximum atomic E-state index is 6.26. The van der Waals surface area contributed by atoms with Crippen LogP contribution in [0.2, 0.25) is 0 Å². The second kappa shape index (κ2) is 8.70. The number of nitrogens with zero attached hydrogens (tertiary/aromatic N) is 4. The molecule has 2 aromatic carbocycles. The Labute approximate surface area is 191 Å². The Hall–Kier alpha value is -2.88. The third kappa shape index (κ3) is 4.16. The van der Waals surface area contributed by atoms with Crippen molar-refractivity contribution in [2.24, 2.45) is 0 Å². The van der Waals surface area contributed by atoms with Crippen molar-refractivity contribution in [3.8, 4) is 17.1 Å². The number of rotatable bonds is 5. The topological polar surface area (TPSA) is 88.1 Å². The summed E-state index contributed by atoms with van der Waals surface area (Å²) in [4.78, 5) is 4.12. The van der Waals surface area contributed by atoms with Crippen molar-refractivity contribution in [2.75, 3.05) is 5.84 Å². The highest BCUT2D eigenvalue weighted by molar-refractivity contribution is 9.10. The Morgan fingerprint density at radius 1 is 1.13 bits per heavy atom. The number of pyridine rings is 1. The van der Waals surface area contributed by atoms with Crippen molar-refractivity contribution in [3.05, 3.63) is 88.2 Å². The number of fused-ring (bicyclic) bond motifs is 1. The van der Waals surface area contributed by atoms with Gasteiger partial charge in [-0.2, -0.15) is 0 Å². The lowest BCUT2D eigenvalue weighted by Gasteiger charge is -2.28. The molecule has 0 fully saturated rings. The SMILES string of the molecule is Nn1c(SCc2cc(Br)cc3c2OC(c2ccccc2)OC3)nnc1-c1cccnc1. The van der Waals surface area contributed by atoms with Gasteiger partial charge in [-0.3, -0.25) is 4.98 Å². The Morgan fingerprint density at radius 2 is 2.00 bits per heavy atom. The van der Waals surface area contributed by atoms with E-state index in [1.807, 2.05) is 48.5 Å². The first-order chi connectivity index (χ1) is 15.2. The smallest absolute Gasteiger partial charge is 0.227 e. The number of aromatic nitrogens is 4. The van der Waals surface area contributed by atoms with Crippen LogP contribution in [0.1, 0.15) is 23.0 Å². The first kappa shape index (κ1) is 20.0. The summed E-state index contributed by atoms with van der Waals surface area (Å²) in [6.07, 6.45) is 2.98. The zero-order valence-corrected chi connectivity index (χ0v) is 18.7. The van der Waals surface area contributed by atoms with Crippen molar-refractivity contribution in [3.63, 3.8) is 0 Å². The van der Waals surface area contributed by atoms with Crippen LogP contribution < -0.4 is 10.6 Å². The minimum absolute atomic E-state index is 0.436. The van der Waals surface area contributed by atoms with Gasteiger partial charge in [-0.15, -0.1) is 10.2 Å². The van der Waals surface area contributed by atoms with E-state index in [0.717, 1.165) is 32.5 Å². The van der Waals surface area contributed by atoms with E-state index in [2.05, 4.69) is 37.2 Å². The molecular formula is C22H18BrN5O2S. The van der Waals surface area contributed by atoms with Crippen molar-refractivity contribution >= 4 is 27.7 Å². The van der Waals surface area contributed by atoms with Crippen LogP contribution in [0, 0.1) is 0 Å². The second-order valence-corrected chi connectivity index (χ2v) is 8.79. The maximum absolute atomic E-state index is 6.26. The number of hydrogen-bond donors (Lipinski definition) is 1. The average Bonchev–Trinajstić information content (AvgIpc) is 3.18. The summed E-state index contributed by atoms with van der Waals surface area (Å²) in [5, 5.41) is 9.08. The standard InChI is InChI=1S/C22H18BrN5O2S/c23-18-9-16-12-29-21(14-5-2-1-3-6-14)30-19(16)17(10-18)13-31-22-27-26-20(28(22)24)15-7-4-8-25-11-15/h1-11,21H,12-13,24H2. The number of nitrogens with two attached hydrogens (primary N) is 1. The van der Waals surface area contributed by atoms with Gasteiger partial charge in [0.15, 0.2) is 5.82 Å². The van der Waals surface area contributed by atoms with Gasteiger partial charge in [0.2, 0.25) is 11.4 Å². The van der Waals surface area contributed by atoms with Crippen molar-refractivity contribution < 1.29 is 9.47 Å². The van der Waals surface area contributed by atoms with Gasteiger partial charge in [0, 0.05) is 44.9 Å². The first-order valence-corrected chi connectivity index (χ1v) is 11.3. The Balaban J connectivity index is 1.39. The molecule has 3 heterocycles. The molecular weight excluding hydrogens is 478 g/mol. The molecule has 1 atom stereocenters. The van der Waals surface area contributed by atoms with E-state index in [0.29, 0.717) is 23.3 Å². The number of halogens is 1. The molecule has 0 spiro atoms. The van der Waals surface area contributed by atoms with Gasteiger partial charge < -0.3 is 15.3 Å². The van der Waals surface area contributed by atoms with E-state index in [1.165, 1.54) is 16.4 Å². The molecule has 0 radical (unpaired) electrons. The third-order valence-electron chi connectivity index (χ3n) is 4.84. The van der Waals surface area contributed by atoms with E-state index in [9.17, 15) is 0 Å². The van der Waals surface area contributed by atoms with Crippen LogP contribution in [0.4, 0.5) is 0 Å². The summed E-state index contributed by atoms with van der Waals surface area (Å²) in [5.41, 5.74) is 3.83. The van der Waals surface area contributed by atoms with Crippen LogP contribution in [0.25, 0.3) is 11.4 Å². The molecule has 31 heavy (non-hydrogen) atoms. The third-order valence-corrected chi connectivity index (χ3v) is 6.29. The fourth-order valence-corrected chi connectivity index (χ4v) is 4.74. The number of ether oxygens (including phenoxy) is 2. The minimum atomic E-state index is -0.436. The fraction of sp³-hybridized carbons (Fsp3) is 0.136. The zero-order valence-electron chi connectivity index (χ0n) is 16.3. The Bertz CT molecular complexity index is 1200. The predicted molar refractivity (Wildman–Crippen MR) is 122 cm³/mol. The highest BCUT2D eigenvalue weighted by Gasteiger charge is 2.25. The van der Waals surface area contributed by atoms with E-state index < -0.39 is 6.29 Å². The molecule has 9 heteroatoms. The average molecular weight is 496 g/mol. The number of thioether (sulfide) groups is 1. The summed E-state index contributed by atoms with van der Waals surface area (Å²) >= 11 is 5.09. The van der Waals surface area contributed by atoms with Crippen LogP contribution in [0.3, 0.4) is 0 Å². The molecule has 1 unspecified atom stereocenters. The predicted octanol–water partition coefficient (Wildman–Crippen LogP) is 4.72. The maximum Gasteiger partial charge on any atom is 0.227 e. The lowest BCUT2D eigenvalue weighted by Crippen LogP contribution is -2.19. The van der Waals surface area contributed by atoms with Gasteiger partial charge in [0.05, 0.1) is 6.61 Å². The molecule has 0 aliphatic carbocycles. The minimum Gasteiger partial charge on any atom is -0.460 e. The normalized spacial score (nSPS) is 15.3. The molecule has 2 aromatic heterocycles. The summed E-state index contributed by atoms with van der Waals surface area (Å²) < 4.78 is 14.6. The van der Waals surface area contributed by atoms with Crippen molar-refractivity contribution in [2.45, 2.75) is 23.8 Å². The zero-order chi connectivity index (χ0) is 21.2. The summed E-state index contributed by atoms with van der Waals surface area (Å²) in [6, 6.07) is 17.7. The summed E-state index contributed by atoms with van der Waals surface area (Å²) in [6.45, 7) is 0.476. The first-order valence-electron chi connectivity index (χ1n) is 9.57. The van der Waals surface area contributed by atoms with E-state index in [-0.39, 0.29) is 0 Å². The van der Waals surface area contributed by atoms with Gasteiger partial charge >= 0.3 is 0 Å². The molecule has 4 aromatic rings. The molecule has 5 rings (SSSR count). The molecule has 2 N–H and O–H groups in total. The van der Waals surface area contributed by atoms with E-state index in [4.69, 9.17) is 15.3 Å². The summed E-state index contributed by atoms with van der Waals surface area (Å²) in [7, 11) is 0. The molecule has 7 nitrogen and oxygen atoms in total. The van der Waals surface area contributed by atoms with Crippen molar-refractivity contribution in [1.29, 1.82) is 0 Å². The monoisotopic (exact) mass is 495 g/mol. The van der Waals surface area contributed by atoms with Gasteiger partial charge in [-0.25, -0.2) is 4.68 Å². The molecule has 1 aliphatic heterocycles. The Kier molecular flexibility index (Phi) is 5.63. The molecule has 0 saturated heterocycles. The van der Waals surface area contributed by atoms with Crippen LogP contribution in [0.5, 0.6) is 5.75 Å². The van der Waals surface area contributed by atoms with Gasteiger partial charge in [-0.05, 0) is 24.3 Å². The molecule has 156 valence electrons. The fourth-order valence-electron chi connectivity index (χ4n) is 3.37. The summed E-state index contributed by atoms with van der Waals surface area (Å²) in [5.74, 6) is 8.27. The van der Waals surface area contributed by atoms with E-state index in [1.54, 1.807) is 12.4 Å². The lowest BCUT2D eigenvalue weighted by molar-refractivity contribution is -0.111. The second-order valence-electron chi connectivity index (χ2n) is 6.93. The number of benzene rings is 2. The molecule has 0 bridgehead atoms. The van der Waals surface area contributed by atoms with Gasteiger partial charge in [0.1, 0.15) is 5.75 Å². The quantitative estimate of drug-likeness (QED) is 0.316. The van der Waals surface area contributed by atoms with Crippen LogP contribution in [-0.4, -0.2) is 19.9 Å². The van der Waals surface area contributed by atoms with Crippen LogP contribution in [-0.2, 0) is 17.1 Å². The van der Waals surface area contributed by atoms with Crippen molar-refractivity contribution in [1.82, 2.24) is 19.9 Å². The van der Waals surface area contributed by atoms with Crippen LogP contribution >= 0.6 is 27.7 Å². The van der Waals surface area contributed by atoms with E-state index >= 15 is 0 Å². The largest absolute Gasteiger partial charge is 0.460 e. The van der Waals surface area contributed by atoms with Gasteiger partial charge in [-0.1, -0.05) is 58.0 Å². The number of hydrogen-bond acceptors (Lipinski definition) is 7. The molecule has 0 amide bonds. The Morgan fingerprint density at radius 3 is 2.81 bits per heavy atom.